The fourth-order valence-electron chi connectivity index (χ4n) is 3.98. The maximum atomic E-state index is 14.1. The van der Waals surface area contributed by atoms with Gasteiger partial charge in [-0.15, -0.1) is 0 Å². The van der Waals surface area contributed by atoms with Gasteiger partial charge in [-0.05, 0) is 67.6 Å². The Hall–Kier alpha value is -2.49. The van der Waals surface area contributed by atoms with Crippen molar-refractivity contribution in [1.29, 1.82) is 0 Å². The van der Waals surface area contributed by atoms with Gasteiger partial charge < -0.3 is 0 Å². The number of carbonyl (C=O) groups is 1. The number of hydrogen-bond donors (Lipinski definition) is 1. The number of aryl methyl sites for hydroxylation is 1. The van der Waals surface area contributed by atoms with Crippen LogP contribution >= 0.6 is 23.3 Å². The molecule has 9 heteroatoms. The number of nitrogens with zero attached hydrogens (tertiary/aromatic N) is 3. The number of rotatable bonds is 4. The molecule has 1 aliphatic heterocycles. The highest BCUT2D eigenvalue weighted by molar-refractivity contribution is 7.99. The molecule has 1 saturated heterocycles. The van der Waals surface area contributed by atoms with Gasteiger partial charge in [0.25, 0.3) is 0 Å². The third-order valence-electron chi connectivity index (χ3n) is 5.91. The fourth-order valence-corrected chi connectivity index (χ4v) is 5.41. The lowest BCUT2D eigenvalue weighted by atomic mass is 10.0. The van der Waals surface area contributed by atoms with Gasteiger partial charge in [-0.1, -0.05) is 23.5 Å². The summed E-state index contributed by atoms with van der Waals surface area (Å²) in [4.78, 5) is 21.4. The highest BCUT2D eigenvalue weighted by Gasteiger charge is 2.52. The first-order valence-electron chi connectivity index (χ1n) is 9.88. The maximum Gasteiger partial charge on any atom is 0.330 e. The van der Waals surface area contributed by atoms with E-state index in [1.54, 1.807) is 34.1 Å². The van der Waals surface area contributed by atoms with Crippen molar-refractivity contribution < 1.29 is 13.6 Å². The second-order valence-electron chi connectivity index (χ2n) is 8.11. The topological polar surface area (TPSA) is 62.5 Å². The minimum atomic E-state index is -0.494. The number of urea groups is 1. The number of thiazole rings is 1. The van der Waals surface area contributed by atoms with Crippen molar-refractivity contribution in [3.05, 3.63) is 59.8 Å². The molecule has 2 aliphatic rings. The predicted octanol–water partition coefficient (Wildman–Crippen LogP) is 5.59. The van der Waals surface area contributed by atoms with Gasteiger partial charge in [0.2, 0.25) is 0 Å². The Kier molecular flexibility index (Phi) is 4.99. The second-order valence-corrected chi connectivity index (χ2v) is 9.99. The number of benzene rings is 2. The molecule has 160 valence electrons. The van der Waals surface area contributed by atoms with Crippen molar-refractivity contribution in [3.8, 4) is 11.1 Å². The zero-order valence-corrected chi connectivity index (χ0v) is 18.4. The van der Waals surface area contributed by atoms with E-state index < -0.39 is 11.6 Å². The molecule has 1 saturated carbocycles. The van der Waals surface area contributed by atoms with E-state index in [0.29, 0.717) is 23.8 Å². The lowest BCUT2D eigenvalue weighted by Gasteiger charge is -2.39. The number of anilines is 2. The summed E-state index contributed by atoms with van der Waals surface area (Å²) < 4.78 is 28.6. The van der Waals surface area contributed by atoms with Crippen molar-refractivity contribution in [2.75, 3.05) is 22.9 Å². The van der Waals surface area contributed by atoms with Crippen molar-refractivity contribution in [2.45, 2.75) is 24.0 Å². The molecule has 3 aromatic rings. The summed E-state index contributed by atoms with van der Waals surface area (Å²) in [6.45, 7) is 3.17. The Labute approximate surface area is 187 Å². The van der Waals surface area contributed by atoms with Crippen LogP contribution in [0.3, 0.4) is 0 Å². The molecule has 1 aliphatic carbocycles. The van der Waals surface area contributed by atoms with Crippen LogP contribution in [0.1, 0.15) is 18.5 Å². The standard InChI is InChI=1S/C22H20F2N4OS2/c1-13-19(31-25)30-20(26-13)28-12-22(8-9-22)11-27(21(28)29)16-5-2-14(3-6-16)17-10-15(23)4-7-18(17)24/h2-7,10H,8-9,11-12,25H2,1H3. The molecule has 2 amide bonds. The number of hydrogen-bond acceptors (Lipinski definition) is 5. The van der Waals surface area contributed by atoms with Crippen molar-refractivity contribution >= 4 is 40.1 Å². The highest BCUT2D eigenvalue weighted by Crippen LogP contribution is 2.51. The minimum Gasteiger partial charge on any atom is -0.293 e. The van der Waals surface area contributed by atoms with E-state index in [9.17, 15) is 13.6 Å². The van der Waals surface area contributed by atoms with E-state index in [1.165, 1.54) is 17.4 Å². The molecular weight excluding hydrogens is 438 g/mol. The van der Waals surface area contributed by atoms with Crippen LogP contribution in [0.5, 0.6) is 0 Å². The molecule has 1 aromatic heterocycles. The molecule has 5 nitrogen and oxygen atoms in total. The largest absolute Gasteiger partial charge is 0.330 e. The van der Waals surface area contributed by atoms with Crippen LogP contribution in [-0.4, -0.2) is 24.1 Å². The third-order valence-corrected chi connectivity index (χ3v) is 7.93. The quantitative estimate of drug-likeness (QED) is 0.518. The maximum absolute atomic E-state index is 14.1. The molecule has 2 fully saturated rings. The highest BCUT2D eigenvalue weighted by atomic mass is 32.2. The monoisotopic (exact) mass is 458 g/mol. The molecule has 1 spiro atoms. The number of amides is 2. The number of carbonyl (C=O) groups excluding carboxylic acids is 1. The molecule has 2 N–H and O–H groups in total. The molecule has 0 atom stereocenters. The van der Waals surface area contributed by atoms with Crippen LogP contribution in [0.2, 0.25) is 0 Å². The van der Waals surface area contributed by atoms with Crippen LogP contribution in [0.25, 0.3) is 11.1 Å². The Bertz CT molecular complexity index is 1160. The summed E-state index contributed by atoms with van der Waals surface area (Å²) in [5.41, 5.74) is 2.37. The molecule has 31 heavy (non-hydrogen) atoms. The number of aromatic nitrogens is 1. The summed E-state index contributed by atoms with van der Waals surface area (Å²) >= 11 is 2.57. The van der Waals surface area contributed by atoms with Gasteiger partial charge >= 0.3 is 6.03 Å². The average molecular weight is 459 g/mol. The van der Waals surface area contributed by atoms with Crippen LogP contribution in [0, 0.1) is 24.0 Å². The molecule has 2 aromatic carbocycles. The zero-order chi connectivity index (χ0) is 21.8. The average Bonchev–Trinajstić information content (AvgIpc) is 3.42. The summed E-state index contributed by atoms with van der Waals surface area (Å²) in [6, 6.07) is 10.3. The third kappa shape index (κ3) is 3.71. The van der Waals surface area contributed by atoms with E-state index in [0.717, 1.165) is 52.5 Å². The van der Waals surface area contributed by atoms with Gasteiger partial charge in [0.15, 0.2) is 5.13 Å². The van der Waals surface area contributed by atoms with Crippen molar-refractivity contribution in [3.63, 3.8) is 0 Å². The molecule has 5 rings (SSSR count). The summed E-state index contributed by atoms with van der Waals surface area (Å²) in [6.07, 6.45) is 2.12. The smallest absolute Gasteiger partial charge is 0.293 e. The Balaban J connectivity index is 1.46. The Morgan fingerprint density at radius 3 is 2.45 bits per heavy atom. The predicted molar refractivity (Wildman–Crippen MR) is 120 cm³/mol. The molecule has 0 radical (unpaired) electrons. The first-order valence-corrected chi connectivity index (χ1v) is 11.6. The molecule has 2 heterocycles. The molecule has 0 bridgehead atoms. The SMILES string of the molecule is Cc1nc(N2CC3(CC3)CN(c3ccc(-c4cc(F)ccc4F)cc3)C2=O)sc1SN. The lowest BCUT2D eigenvalue weighted by molar-refractivity contribution is 0.243. The van der Waals surface area contributed by atoms with E-state index in [1.807, 2.05) is 6.92 Å². The van der Waals surface area contributed by atoms with Gasteiger partial charge in [-0.3, -0.25) is 14.9 Å². The first kappa shape index (κ1) is 20.4. The van der Waals surface area contributed by atoms with Crippen LogP contribution in [0.15, 0.2) is 46.7 Å². The Morgan fingerprint density at radius 2 is 1.81 bits per heavy atom. The van der Waals surface area contributed by atoms with Crippen LogP contribution in [-0.2, 0) is 0 Å². The van der Waals surface area contributed by atoms with E-state index in [-0.39, 0.29) is 17.0 Å². The number of nitrogens with two attached hydrogens (primary N) is 1. The van der Waals surface area contributed by atoms with Crippen molar-refractivity contribution in [1.82, 2.24) is 4.98 Å². The first-order chi connectivity index (χ1) is 14.9. The van der Waals surface area contributed by atoms with Crippen molar-refractivity contribution in [2.24, 2.45) is 10.6 Å². The van der Waals surface area contributed by atoms with Gasteiger partial charge in [0, 0.05) is 29.8 Å². The van der Waals surface area contributed by atoms with E-state index in [4.69, 9.17) is 5.14 Å². The van der Waals surface area contributed by atoms with Gasteiger partial charge in [-0.2, -0.15) is 0 Å². The van der Waals surface area contributed by atoms with Gasteiger partial charge in [0.05, 0.1) is 9.90 Å². The van der Waals surface area contributed by atoms with E-state index in [2.05, 4.69) is 4.98 Å². The van der Waals surface area contributed by atoms with E-state index >= 15 is 0 Å². The zero-order valence-electron chi connectivity index (χ0n) is 16.8. The lowest BCUT2D eigenvalue weighted by Crippen LogP contribution is -2.55. The summed E-state index contributed by atoms with van der Waals surface area (Å²) in [7, 11) is 0. The van der Waals surface area contributed by atoms with Gasteiger partial charge in [-0.25, -0.2) is 18.6 Å². The minimum absolute atomic E-state index is 0.0663. The number of halogens is 2. The summed E-state index contributed by atoms with van der Waals surface area (Å²) in [5.74, 6) is -0.981. The molecular formula is C22H20F2N4OS2. The normalized spacial score (nSPS) is 17.5. The summed E-state index contributed by atoms with van der Waals surface area (Å²) in [5, 5.41) is 6.37. The molecule has 0 unspecified atom stereocenters. The van der Waals surface area contributed by atoms with Crippen LogP contribution in [0.4, 0.5) is 24.4 Å². The Morgan fingerprint density at radius 1 is 1.10 bits per heavy atom. The van der Waals surface area contributed by atoms with Gasteiger partial charge in [0.1, 0.15) is 11.6 Å². The fraction of sp³-hybridized carbons (Fsp3) is 0.273. The second kappa shape index (κ2) is 7.58. The van der Waals surface area contributed by atoms with Crippen LogP contribution < -0.4 is 14.9 Å².